The number of phenolic OH excluding ortho intramolecular Hbond substituents is 1. The molecule has 2 unspecified atom stereocenters. The summed E-state index contributed by atoms with van der Waals surface area (Å²) in [6.45, 7) is 7.62. The maximum atomic E-state index is 9.59. The summed E-state index contributed by atoms with van der Waals surface area (Å²) < 4.78 is 0. The average Bonchev–Trinajstić information content (AvgIpc) is 2.37. The number of hydrogen-bond donors (Lipinski definition) is 2. The van der Waals surface area contributed by atoms with E-state index in [9.17, 15) is 5.11 Å². The van der Waals surface area contributed by atoms with E-state index in [1.165, 1.54) is 5.56 Å². The Morgan fingerprint density at radius 2 is 2.00 bits per heavy atom. The first-order chi connectivity index (χ1) is 8.93. The molecule has 2 N–H and O–H groups in total. The van der Waals surface area contributed by atoms with E-state index in [1.54, 1.807) is 6.07 Å². The van der Waals surface area contributed by atoms with Crippen LogP contribution in [0.15, 0.2) is 24.3 Å². The minimum Gasteiger partial charge on any atom is -0.508 e. The van der Waals surface area contributed by atoms with Gasteiger partial charge in [0, 0.05) is 11.6 Å². The number of likely N-dealkylation sites (N-methyl/N-ethyl adjacent to an activating group) is 2. The summed E-state index contributed by atoms with van der Waals surface area (Å²) in [5, 5.41) is 13.2. The first kappa shape index (κ1) is 16.0. The van der Waals surface area contributed by atoms with Gasteiger partial charge in [0.1, 0.15) is 5.75 Å². The predicted molar refractivity (Wildman–Crippen MR) is 81.7 cm³/mol. The minimum absolute atomic E-state index is 0.0987. The van der Waals surface area contributed by atoms with Gasteiger partial charge >= 0.3 is 0 Å². The van der Waals surface area contributed by atoms with Crippen molar-refractivity contribution in [1.82, 2.24) is 10.2 Å². The van der Waals surface area contributed by atoms with Crippen LogP contribution in [0.5, 0.6) is 5.75 Å². The molecule has 1 aromatic carbocycles. The third-order valence-corrected chi connectivity index (χ3v) is 4.29. The highest BCUT2D eigenvalue weighted by molar-refractivity contribution is 5.28. The van der Waals surface area contributed by atoms with Crippen molar-refractivity contribution in [3.05, 3.63) is 29.8 Å². The van der Waals surface area contributed by atoms with Crippen molar-refractivity contribution in [3.8, 4) is 5.75 Å². The van der Waals surface area contributed by atoms with Gasteiger partial charge in [0.05, 0.1) is 0 Å². The first-order valence-electron chi connectivity index (χ1n) is 7.12. The minimum atomic E-state index is 0.0987. The van der Waals surface area contributed by atoms with Crippen LogP contribution in [0.2, 0.25) is 0 Å². The van der Waals surface area contributed by atoms with E-state index >= 15 is 0 Å². The molecule has 0 saturated carbocycles. The largest absolute Gasteiger partial charge is 0.508 e. The molecule has 108 valence electrons. The van der Waals surface area contributed by atoms with Gasteiger partial charge in [0.2, 0.25) is 0 Å². The van der Waals surface area contributed by atoms with Gasteiger partial charge in [-0.1, -0.05) is 26.0 Å². The maximum Gasteiger partial charge on any atom is 0.115 e. The summed E-state index contributed by atoms with van der Waals surface area (Å²) in [7, 11) is 4.27. The van der Waals surface area contributed by atoms with Crippen molar-refractivity contribution < 1.29 is 5.11 Å². The lowest BCUT2D eigenvalue weighted by atomic mass is 9.84. The lowest BCUT2D eigenvalue weighted by Gasteiger charge is -2.43. The molecule has 0 aliphatic heterocycles. The number of phenols is 1. The fourth-order valence-corrected chi connectivity index (χ4v) is 2.55. The summed E-state index contributed by atoms with van der Waals surface area (Å²) in [4.78, 5) is 2.29. The van der Waals surface area contributed by atoms with Crippen LogP contribution in [0.1, 0.15) is 32.8 Å². The number of hydrogen-bond acceptors (Lipinski definition) is 3. The summed E-state index contributed by atoms with van der Waals surface area (Å²) in [6.07, 6.45) is 2.00. The van der Waals surface area contributed by atoms with Crippen LogP contribution in [0.25, 0.3) is 0 Å². The third kappa shape index (κ3) is 3.95. The molecule has 0 heterocycles. The van der Waals surface area contributed by atoms with Gasteiger partial charge in [0.15, 0.2) is 0 Å². The predicted octanol–water partition coefficient (Wildman–Crippen LogP) is 2.64. The smallest absolute Gasteiger partial charge is 0.115 e. The fourth-order valence-electron chi connectivity index (χ4n) is 2.55. The molecule has 0 saturated heterocycles. The molecule has 0 aliphatic rings. The van der Waals surface area contributed by atoms with Gasteiger partial charge < -0.3 is 15.3 Å². The zero-order valence-corrected chi connectivity index (χ0v) is 12.9. The standard InChI is InChI=1S/C16H28N2O/c1-6-16(3,18(4)5)15(17-7-2)12-13-9-8-10-14(19)11-13/h8-11,15,17,19H,6-7,12H2,1-5H3. The maximum absolute atomic E-state index is 9.59. The summed E-state index contributed by atoms with van der Waals surface area (Å²) in [5.74, 6) is 0.343. The molecule has 2 atom stereocenters. The second-order valence-electron chi connectivity index (χ2n) is 5.59. The zero-order valence-electron chi connectivity index (χ0n) is 12.9. The van der Waals surface area contributed by atoms with E-state index in [1.807, 2.05) is 12.1 Å². The molecule has 1 rings (SSSR count). The van der Waals surface area contributed by atoms with Gasteiger partial charge in [-0.3, -0.25) is 0 Å². The van der Waals surface area contributed by atoms with Crippen molar-refractivity contribution >= 4 is 0 Å². The Kier molecular flexibility index (Phi) is 5.83. The van der Waals surface area contributed by atoms with Gasteiger partial charge in [-0.2, -0.15) is 0 Å². The summed E-state index contributed by atoms with van der Waals surface area (Å²) in [6, 6.07) is 7.93. The second kappa shape index (κ2) is 6.92. The summed E-state index contributed by atoms with van der Waals surface area (Å²) >= 11 is 0. The monoisotopic (exact) mass is 264 g/mol. The topological polar surface area (TPSA) is 35.5 Å². The third-order valence-electron chi connectivity index (χ3n) is 4.29. The van der Waals surface area contributed by atoms with Crippen LogP contribution < -0.4 is 5.32 Å². The molecule has 3 nitrogen and oxygen atoms in total. The molecule has 0 aliphatic carbocycles. The molecule has 3 heteroatoms. The molecule has 0 bridgehead atoms. The highest BCUT2D eigenvalue weighted by Crippen LogP contribution is 2.24. The van der Waals surface area contributed by atoms with E-state index in [2.05, 4.69) is 51.1 Å². The number of nitrogens with zero attached hydrogens (tertiary/aromatic N) is 1. The van der Waals surface area contributed by atoms with E-state index in [-0.39, 0.29) is 5.54 Å². The Bertz CT molecular complexity index is 392. The number of nitrogens with one attached hydrogen (secondary N) is 1. The lowest BCUT2D eigenvalue weighted by molar-refractivity contribution is 0.113. The molecule has 1 aromatic rings. The van der Waals surface area contributed by atoms with E-state index < -0.39 is 0 Å². The van der Waals surface area contributed by atoms with Crippen molar-refractivity contribution in [2.45, 2.75) is 45.2 Å². The molecule has 0 spiro atoms. The van der Waals surface area contributed by atoms with Gasteiger partial charge in [-0.25, -0.2) is 0 Å². The first-order valence-corrected chi connectivity index (χ1v) is 7.12. The average molecular weight is 264 g/mol. The number of rotatable bonds is 7. The van der Waals surface area contributed by atoms with Crippen molar-refractivity contribution in [1.29, 1.82) is 0 Å². The van der Waals surface area contributed by atoms with Crippen LogP contribution in [-0.4, -0.2) is 42.2 Å². The fraction of sp³-hybridized carbons (Fsp3) is 0.625. The van der Waals surface area contributed by atoms with Crippen molar-refractivity contribution in [3.63, 3.8) is 0 Å². The summed E-state index contributed by atoms with van der Waals surface area (Å²) in [5.41, 5.74) is 1.27. The Balaban J connectivity index is 2.94. The lowest BCUT2D eigenvalue weighted by Crippen LogP contribution is -2.57. The molecule has 0 amide bonds. The van der Waals surface area contributed by atoms with Crippen LogP contribution in [0, 0.1) is 0 Å². The Labute approximate surface area is 117 Å². The van der Waals surface area contributed by atoms with Gasteiger partial charge in [0.25, 0.3) is 0 Å². The zero-order chi connectivity index (χ0) is 14.5. The second-order valence-corrected chi connectivity index (χ2v) is 5.59. The Morgan fingerprint density at radius 3 is 2.47 bits per heavy atom. The van der Waals surface area contributed by atoms with Gasteiger partial charge in [-0.05, 0) is 58.1 Å². The molecule has 0 radical (unpaired) electrons. The normalized spacial score (nSPS) is 16.3. The highest BCUT2D eigenvalue weighted by Gasteiger charge is 2.34. The number of benzene rings is 1. The van der Waals surface area contributed by atoms with Crippen molar-refractivity contribution in [2.24, 2.45) is 0 Å². The van der Waals surface area contributed by atoms with Gasteiger partial charge in [-0.15, -0.1) is 0 Å². The molecular weight excluding hydrogens is 236 g/mol. The number of aromatic hydroxyl groups is 1. The highest BCUT2D eigenvalue weighted by atomic mass is 16.3. The Morgan fingerprint density at radius 1 is 1.32 bits per heavy atom. The molecule has 0 aromatic heterocycles. The van der Waals surface area contributed by atoms with E-state index in [0.29, 0.717) is 11.8 Å². The van der Waals surface area contributed by atoms with Crippen LogP contribution in [0.4, 0.5) is 0 Å². The van der Waals surface area contributed by atoms with Crippen molar-refractivity contribution in [2.75, 3.05) is 20.6 Å². The van der Waals surface area contributed by atoms with Crippen LogP contribution in [-0.2, 0) is 6.42 Å². The Hall–Kier alpha value is -1.06. The molecule has 19 heavy (non-hydrogen) atoms. The van der Waals surface area contributed by atoms with Crippen LogP contribution in [0.3, 0.4) is 0 Å². The quantitative estimate of drug-likeness (QED) is 0.795. The van der Waals surface area contributed by atoms with E-state index in [4.69, 9.17) is 0 Å². The molecular formula is C16H28N2O. The van der Waals surface area contributed by atoms with Crippen LogP contribution >= 0.6 is 0 Å². The SMILES string of the molecule is CCNC(Cc1cccc(O)c1)C(C)(CC)N(C)C. The van der Waals surface area contributed by atoms with E-state index in [0.717, 1.165) is 19.4 Å². The molecule has 0 fully saturated rings.